The fourth-order valence-electron chi connectivity index (χ4n) is 3.63. The van der Waals surface area contributed by atoms with E-state index in [4.69, 9.17) is 0 Å². The normalized spacial score (nSPS) is 24.2. The number of rotatable bonds is 3. The molecule has 0 N–H and O–H groups in total. The van der Waals surface area contributed by atoms with Gasteiger partial charge in [-0.25, -0.2) is 0 Å². The Morgan fingerprint density at radius 3 is 2.60 bits per heavy atom. The van der Waals surface area contributed by atoms with E-state index in [0.717, 1.165) is 12.8 Å². The molecule has 3 aliphatic rings. The van der Waals surface area contributed by atoms with Crippen LogP contribution in [0.3, 0.4) is 0 Å². The highest BCUT2D eigenvalue weighted by Gasteiger charge is 2.41. The molecule has 0 radical (unpaired) electrons. The van der Waals surface area contributed by atoms with E-state index in [-0.39, 0.29) is 17.9 Å². The average Bonchev–Trinajstić information content (AvgIpc) is 2.93. The van der Waals surface area contributed by atoms with Crippen LogP contribution in [0.4, 0.5) is 0 Å². The summed E-state index contributed by atoms with van der Waals surface area (Å²) in [5.74, 6) is -0.0670. The third-order valence-corrected chi connectivity index (χ3v) is 6.88. The fourth-order valence-corrected chi connectivity index (χ4v) is 4.85. The van der Waals surface area contributed by atoms with E-state index in [2.05, 4.69) is 6.07 Å². The predicted molar refractivity (Wildman–Crippen MR) is 92.9 cm³/mol. The maximum absolute atomic E-state index is 13.0. The lowest BCUT2D eigenvalue weighted by Gasteiger charge is -2.36. The molecule has 25 heavy (non-hydrogen) atoms. The van der Waals surface area contributed by atoms with Gasteiger partial charge in [0.25, 0.3) is 16.1 Å². The van der Waals surface area contributed by atoms with Crippen LogP contribution in [0.15, 0.2) is 24.3 Å². The summed E-state index contributed by atoms with van der Waals surface area (Å²) in [4.78, 5) is 14.8. The first-order valence-electron chi connectivity index (χ1n) is 8.32. The van der Waals surface area contributed by atoms with Crippen molar-refractivity contribution in [3.8, 4) is 6.07 Å². The van der Waals surface area contributed by atoms with E-state index in [1.165, 1.54) is 22.7 Å². The molecule has 3 heterocycles. The van der Waals surface area contributed by atoms with Crippen molar-refractivity contribution < 1.29 is 13.2 Å². The summed E-state index contributed by atoms with van der Waals surface area (Å²) >= 11 is 0. The van der Waals surface area contributed by atoms with Gasteiger partial charge in [-0.2, -0.15) is 22.3 Å². The van der Waals surface area contributed by atoms with Crippen molar-refractivity contribution in [2.75, 3.05) is 33.7 Å². The molecule has 2 bridgehead atoms. The summed E-state index contributed by atoms with van der Waals surface area (Å²) in [6.07, 6.45) is 1.69. The van der Waals surface area contributed by atoms with Gasteiger partial charge in [-0.1, -0.05) is 12.1 Å². The van der Waals surface area contributed by atoms with Crippen molar-refractivity contribution >= 4 is 16.1 Å². The number of piperidine rings is 1. The Bertz CT molecular complexity index is 815. The lowest BCUT2D eigenvalue weighted by atomic mass is 9.94. The highest BCUT2D eigenvalue weighted by Crippen LogP contribution is 2.31. The smallest absolute Gasteiger partial charge is 0.281 e. The van der Waals surface area contributed by atoms with Crippen LogP contribution in [0.2, 0.25) is 0 Å². The van der Waals surface area contributed by atoms with Gasteiger partial charge in [-0.05, 0) is 30.9 Å². The summed E-state index contributed by atoms with van der Waals surface area (Å²) < 4.78 is 27.7. The number of carbonyl (C=O) groups is 1. The van der Waals surface area contributed by atoms with Gasteiger partial charge in [0.2, 0.25) is 0 Å². The number of carbonyl (C=O) groups excluding carboxylic acids is 1. The number of hydrogen-bond acceptors (Lipinski definition) is 4. The van der Waals surface area contributed by atoms with Crippen molar-refractivity contribution in [2.45, 2.75) is 18.9 Å². The molecule has 3 aliphatic heterocycles. The van der Waals surface area contributed by atoms with Crippen molar-refractivity contribution in [1.29, 1.82) is 5.26 Å². The first-order valence-corrected chi connectivity index (χ1v) is 9.72. The molecule has 1 amide bonds. The molecule has 7 nitrogen and oxygen atoms in total. The zero-order valence-electron chi connectivity index (χ0n) is 14.4. The monoisotopic (exact) mass is 362 g/mol. The minimum absolute atomic E-state index is 0.117. The predicted octanol–water partition coefficient (Wildman–Crippen LogP) is 0.901. The zero-order valence-corrected chi connectivity index (χ0v) is 15.2. The van der Waals surface area contributed by atoms with Gasteiger partial charge in [0.15, 0.2) is 0 Å². The highest BCUT2D eigenvalue weighted by molar-refractivity contribution is 7.86. The highest BCUT2D eigenvalue weighted by atomic mass is 32.2. The van der Waals surface area contributed by atoms with Crippen molar-refractivity contribution in [2.24, 2.45) is 5.92 Å². The van der Waals surface area contributed by atoms with Crippen LogP contribution >= 0.6 is 0 Å². The largest absolute Gasteiger partial charge is 0.334 e. The lowest BCUT2D eigenvalue weighted by Crippen LogP contribution is -2.48. The Labute approximate surface area is 148 Å². The van der Waals surface area contributed by atoms with E-state index in [1.54, 1.807) is 29.2 Å². The second-order valence-electron chi connectivity index (χ2n) is 6.82. The van der Waals surface area contributed by atoms with Crippen molar-refractivity contribution in [3.05, 3.63) is 35.4 Å². The molecular weight excluding hydrogens is 340 g/mol. The summed E-state index contributed by atoms with van der Waals surface area (Å²) in [5.41, 5.74) is 0.741. The van der Waals surface area contributed by atoms with Gasteiger partial charge in [0, 0.05) is 39.8 Å². The molecule has 0 aromatic heterocycles. The zero-order chi connectivity index (χ0) is 18.2. The second kappa shape index (κ2) is 6.75. The van der Waals surface area contributed by atoms with Gasteiger partial charge < -0.3 is 4.90 Å². The molecule has 1 aromatic rings. The van der Waals surface area contributed by atoms with Crippen LogP contribution < -0.4 is 0 Å². The van der Waals surface area contributed by atoms with Crippen LogP contribution in [-0.4, -0.2) is 67.6 Å². The minimum Gasteiger partial charge on any atom is -0.334 e. The Morgan fingerprint density at radius 1 is 1.20 bits per heavy atom. The Kier molecular flexibility index (Phi) is 4.82. The van der Waals surface area contributed by atoms with Gasteiger partial charge in [-0.15, -0.1) is 0 Å². The topological polar surface area (TPSA) is 84.7 Å². The summed E-state index contributed by atoms with van der Waals surface area (Å²) in [6, 6.07) is 8.67. The van der Waals surface area contributed by atoms with E-state index in [0.29, 0.717) is 30.8 Å². The van der Waals surface area contributed by atoms with Crippen molar-refractivity contribution in [1.82, 2.24) is 13.5 Å². The maximum atomic E-state index is 13.0. The van der Waals surface area contributed by atoms with Gasteiger partial charge in [0.05, 0.1) is 17.2 Å². The van der Waals surface area contributed by atoms with E-state index >= 15 is 0 Å². The van der Waals surface area contributed by atoms with E-state index in [9.17, 15) is 18.5 Å². The molecule has 0 saturated carbocycles. The second-order valence-corrected chi connectivity index (χ2v) is 8.96. The number of nitriles is 1. The van der Waals surface area contributed by atoms with E-state index in [1.807, 2.05) is 0 Å². The Balaban J connectivity index is 1.89. The molecular formula is C17H22N4O3S. The number of fused-ring (bicyclic) bond motifs is 4. The lowest BCUT2D eigenvalue weighted by molar-refractivity contribution is 0.0588. The molecule has 3 fully saturated rings. The molecule has 4 rings (SSSR count). The van der Waals surface area contributed by atoms with Crippen LogP contribution in [-0.2, 0) is 10.2 Å². The maximum Gasteiger partial charge on any atom is 0.281 e. The number of benzene rings is 1. The van der Waals surface area contributed by atoms with Crippen LogP contribution in [0.1, 0.15) is 28.8 Å². The quantitative estimate of drug-likeness (QED) is 0.800. The first-order chi connectivity index (χ1) is 11.8. The van der Waals surface area contributed by atoms with Crippen LogP contribution in [0.25, 0.3) is 0 Å². The average molecular weight is 362 g/mol. The van der Waals surface area contributed by atoms with Gasteiger partial charge >= 0.3 is 0 Å². The van der Waals surface area contributed by atoms with Crippen LogP contribution in [0, 0.1) is 17.2 Å². The molecule has 8 heteroatoms. The summed E-state index contributed by atoms with van der Waals surface area (Å²) in [6.45, 7) is 1.26. The molecule has 0 unspecified atom stereocenters. The van der Waals surface area contributed by atoms with Gasteiger partial charge in [0.1, 0.15) is 0 Å². The number of amides is 1. The molecule has 134 valence electrons. The fraction of sp³-hybridized carbons (Fsp3) is 0.529. The van der Waals surface area contributed by atoms with Crippen LogP contribution in [0.5, 0.6) is 0 Å². The van der Waals surface area contributed by atoms with Crippen molar-refractivity contribution in [3.63, 3.8) is 0 Å². The molecule has 2 atom stereocenters. The number of nitrogens with zero attached hydrogens (tertiary/aromatic N) is 4. The molecule has 1 aromatic carbocycles. The third-order valence-electron chi connectivity index (χ3n) is 5.01. The minimum atomic E-state index is -3.50. The molecule has 3 saturated heterocycles. The van der Waals surface area contributed by atoms with E-state index < -0.39 is 10.2 Å². The SMILES string of the molecule is CN(C)S(=O)(=O)N1C[C@H]2CC[C@@H](C1)N(C(=O)c1ccccc1C#N)C2. The molecule has 0 aliphatic carbocycles. The number of hydrogen-bond donors (Lipinski definition) is 0. The first kappa shape index (κ1) is 17.9. The Hall–Kier alpha value is -1.95. The summed E-state index contributed by atoms with van der Waals surface area (Å²) in [5, 5.41) is 9.25. The van der Waals surface area contributed by atoms with Gasteiger partial charge in [-0.3, -0.25) is 4.79 Å². The third kappa shape index (κ3) is 3.27. The molecule has 0 spiro atoms. The Morgan fingerprint density at radius 2 is 1.92 bits per heavy atom. The standard InChI is InChI=1S/C17H22N4O3S/c1-19(2)25(23,24)20-10-13-7-8-15(12-20)21(11-13)17(22)16-6-4-3-5-14(16)9-18/h3-6,13,15H,7-8,10-12H2,1-2H3/t13-,15+/m1/s1. The summed E-state index contributed by atoms with van der Waals surface area (Å²) in [7, 11) is -0.455.